The first kappa shape index (κ1) is 12.4. The summed E-state index contributed by atoms with van der Waals surface area (Å²) in [5.74, 6) is 0.0774. The molecule has 0 radical (unpaired) electrons. The molecular formula is C13H18N2O. The Morgan fingerprint density at radius 3 is 3.06 bits per heavy atom. The number of aromatic nitrogens is 1. The number of carbonyl (C=O) groups excluding carboxylic acids is 1. The lowest BCUT2D eigenvalue weighted by molar-refractivity contribution is -0.120. The molecular weight excluding hydrogens is 200 g/mol. The summed E-state index contributed by atoms with van der Waals surface area (Å²) in [6, 6.07) is 3.91. The highest BCUT2D eigenvalue weighted by atomic mass is 16.1. The Morgan fingerprint density at radius 2 is 2.38 bits per heavy atom. The van der Waals surface area contributed by atoms with E-state index in [-0.39, 0.29) is 5.91 Å². The maximum atomic E-state index is 11.3. The summed E-state index contributed by atoms with van der Waals surface area (Å²) < 4.78 is 0. The summed E-state index contributed by atoms with van der Waals surface area (Å²) in [7, 11) is 0. The van der Waals surface area contributed by atoms with Gasteiger partial charge in [0.2, 0.25) is 5.91 Å². The minimum atomic E-state index is 0.0774. The summed E-state index contributed by atoms with van der Waals surface area (Å²) in [4.78, 5) is 15.3. The molecule has 0 unspecified atom stereocenters. The molecule has 1 heterocycles. The number of amides is 1. The Morgan fingerprint density at radius 1 is 1.50 bits per heavy atom. The Labute approximate surface area is 96.6 Å². The van der Waals surface area contributed by atoms with E-state index in [1.807, 2.05) is 30.5 Å². The van der Waals surface area contributed by atoms with Crippen LogP contribution < -0.4 is 5.32 Å². The average molecular weight is 218 g/mol. The van der Waals surface area contributed by atoms with Crippen molar-refractivity contribution in [2.45, 2.75) is 26.2 Å². The van der Waals surface area contributed by atoms with Gasteiger partial charge in [-0.05, 0) is 24.5 Å². The molecule has 1 aromatic heterocycles. The number of rotatable bonds is 6. The molecule has 0 atom stereocenters. The van der Waals surface area contributed by atoms with Crippen molar-refractivity contribution < 1.29 is 4.79 Å². The lowest BCUT2D eigenvalue weighted by atomic mass is 10.2. The zero-order valence-electron chi connectivity index (χ0n) is 9.65. The molecule has 1 amide bonds. The fraction of sp³-hybridized carbons (Fsp3) is 0.385. The van der Waals surface area contributed by atoms with Gasteiger partial charge in [-0.15, -0.1) is 0 Å². The molecule has 3 nitrogen and oxygen atoms in total. The monoisotopic (exact) mass is 218 g/mol. The van der Waals surface area contributed by atoms with Gasteiger partial charge in [0, 0.05) is 25.4 Å². The zero-order valence-corrected chi connectivity index (χ0v) is 9.65. The first-order valence-electron chi connectivity index (χ1n) is 5.63. The molecule has 0 aliphatic carbocycles. The van der Waals surface area contributed by atoms with Crippen LogP contribution in [0.15, 0.2) is 36.7 Å². The molecule has 86 valence electrons. The van der Waals surface area contributed by atoms with Crippen LogP contribution in [0.5, 0.6) is 0 Å². The Hall–Kier alpha value is -1.64. The predicted molar refractivity (Wildman–Crippen MR) is 65.0 cm³/mol. The SMILES string of the molecule is CC/C=C\CC(=O)NCCc1cccnc1. The fourth-order valence-corrected chi connectivity index (χ4v) is 1.32. The molecule has 16 heavy (non-hydrogen) atoms. The Kier molecular flexibility index (Phi) is 5.92. The molecule has 1 N–H and O–H groups in total. The third kappa shape index (κ3) is 5.29. The van der Waals surface area contributed by atoms with E-state index in [9.17, 15) is 4.79 Å². The smallest absolute Gasteiger partial charge is 0.223 e. The number of nitrogens with one attached hydrogen (secondary N) is 1. The van der Waals surface area contributed by atoms with Gasteiger partial charge >= 0.3 is 0 Å². The van der Waals surface area contributed by atoms with Gasteiger partial charge < -0.3 is 5.32 Å². The van der Waals surface area contributed by atoms with Crippen LogP contribution in [0, 0.1) is 0 Å². The molecule has 1 rings (SSSR count). The van der Waals surface area contributed by atoms with Crippen molar-refractivity contribution >= 4 is 5.91 Å². The van der Waals surface area contributed by atoms with Gasteiger partial charge in [0.05, 0.1) is 0 Å². The van der Waals surface area contributed by atoms with Crippen molar-refractivity contribution in [3.05, 3.63) is 42.2 Å². The third-order valence-electron chi connectivity index (χ3n) is 2.16. The van der Waals surface area contributed by atoms with Crippen LogP contribution >= 0.6 is 0 Å². The van der Waals surface area contributed by atoms with Crippen molar-refractivity contribution in [3.63, 3.8) is 0 Å². The van der Waals surface area contributed by atoms with E-state index in [0.717, 1.165) is 18.4 Å². The summed E-state index contributed by atoms with van der Waals surface area (Å²) >= 11 is 0. The number of pyridine rings is 1. The number of allylic oxidation sites excluding steroid dienone is 1. The first-order valence-corrected chi connectivity index (χ1v) is 5.63. The second-order valence-electron chi connectivity index (χ2n) is 3.55. The van der Waals surface area contributed by atoms with Crippen molar-refractivity contribution in [2.24, 2.45) is 0 Å². The highest BCUT2D eigenvalue weighted by molar-refractivity contribution is 5.77. The van der Waals surface area contributed by atoms with Crippen LogP contribution in [0.1, 0.15) is 25.3 Å². The van der Waals surface area contributed by atoms with Crippen LogP contribution in [-0.2, 0) is 11.2 Å². The van der Waals surface area contributed by atoms with Crippen LogP contribution in [-0.4, -0.2) is 17.4 Å². The highest BCUT2D eigenvalue weighted by Crippen LogP contribution is 1.95. The van der Waals surface area contributed by atoms with E-state index < -0.39 is 0 Å². The summed E-state index contributed by atoms with van der Waals surface area (Å²) in [5.41, 5.74) is 1.15. The first-order chi connectivity index (χ1) is 7.83. The van der Waals surface area contributed by atoms with Gasteiger partial charge in [0.15, 0.2) is 0 Å². The minimum Gasteiger partial charge on any atom is -0.356 e. The van der Waals surface area contributed by atoms with Gasteiger partial charge in [-0.2, -0.15) is 0 Å². The Balaban J connectivity index is 2.16. The quantitative estimate of drug-likeness (QED) is 0.743. The molecule has 3 heteroatoms. The van der Waals surface area contributed by atoms with Crippen LogP contribution in [0.4, 0.5) is 0 Å². The molecule has 0 saturated heterocycles. The summed E-state index contributed by atoms with van der Waals surface area (Å²) in [6.45, 7) is 2.72. The molecule has 0 aromatic carbocycles. The van der Waals surface area contributed by atoms with Gasteiger partial charge in [-0.3, -0.25) is 9.78 Å². The summed E-state index contributed by atoms with van der Waals surface area (Å²) in [6.07, 6.45) is 9.75. The molecule has 0 spiro atoms. The third-order valence-corrected chi connectivity index (χ3v) is 2.16. The molecule has 0 fully saturated rings. The van der Waals surface area contributed by atoms with Gasteiger partial charge in [-0.25, -0.2) is 0 Å². The van der Waals surface area contributed by atoms with E-state index in [1.165, 1.54) is 0 Å². The standard InChI is InChI=1S/C13H18N2O/c1-2-3-4-7-13(16)15-10-8-12-6-5-9-14-11-12/h3-6,9,11H,2,7-8,10H2,1H3,(H,15,16)/b4-3-. The van der Waals surface area contributed by atoms with Gasteiger partial charge in [-0.1, -0.05) is 25.1 Å². The number of carbonyl (C=O) groups is 1. The maximum absolute atomic E-state index is 11.3. The van der Waals surface area contributed by atoms with Gasteiger partial charge in [0.25, 0.3) is 0 Å². The van der Waals surface area contributed by atoms with Crippen molar-refractivity contribution in [2.75, 3.05) is 6.54 Å². The van der Waals surface area contributed by atoms with Crippen molar-refractivity contribution in [1.29, 1.82) is 0 Å². The van der Waals surface area contributed by atoms with E-state index >= 15 is 0 Å². The lowest BCUT2D eigenvalue weighted by Gasteiger charge is -2.03. The lowest BCUT2D eigenvalue weighted by Crippen LogP contribution is -2.24. The number of nitrogens with zero attached hydrogens (tertiary/aromatic N) is 1. The number of hydrogen-bond donors (Lipinski definition) is 1. The molecule has 1 aromatic rings. The number of hydrogen-bond acceptors (Lipinski definition) is 2. The molecule has 0 aliphatic rings. The van der Waals surface area contributed by atoms with Crippen LogP contribution in [0.2, 0.25) is 0 Å². The van der Waals surface area contributed by atoms with Crippen LogP contribution in [0.3, 0.4) is 0 Å². The van der Waals surface area contributed by atoms with E-state index in [1.54, 1.807) is 6.20 Å². The maximum Gasteiger partial charge on any atom is 0.223 e. The molecule has 0 aliphatic heterocycles. The van der Waals surface area contributed by atoms with Crippen LogP contribution in [0.25, 0.3) is 0 Å². The zero-order chi connectivity index (χ0) is 11.6. The normalized spacial score (nSPS) is 10.6. The van der Waals surface area contributed by atoms with Crippen molar-refractivity contribution in [1.82, 2.24) is 10.3 Å². The highest BCUT2D eigenvalue weighted by Gasteiger charge is 1.97. The largest absolute Gasteiger partial charge is 0.356 e. The second-order valence-corrected chi connectivity index (χ2v) is 3.55. The topological polar surface area (TPSA) is 42.0 Å². The molecule has 0 saturated carbocycles. The Bertz CT molecular complexity index is 333. The second kappa shape index (κ2) is 7.63. The predicted octanol–water partition coefficient (Wildman–Crippen LogP) is 2.10. The minimum absolute atomic E-state index is 0.0774. The van der Waals surface area contributed by atoms with E-state index in [2.05, 4.69) is 17.2 Å². The molecule has 0 bridgehead atoms. The average Bonchev–Trinajstić information content (AvgIpc) is 2.31. The van der Waals surface area contributed by atoms with E-state index in [0.29, 0.717) is 13.0 Å². The van der Waals surface area contributed by atoms with E-state index in [4.69, 9.17) is 0 Å². The van der Waals surface area contributed by atoms with Crippen molar-refractivity contribution in [3.8, 4) is 0 Å². The fourth-order valence-electron chi connectivity index (χ4n) is 1.32. The van der Waals surface area contributed by atoms with Gasteiger partial charge in [0.1, 0.15) is 0 Å². The summed E-state index contributed by atoms with van der Waals surface area (Å²) in [5, 5.41) is 2.87.